The van der Waals surface area contributed by atoms with Crippen molar-refractivity contribution in [3.05, 3.63) is 56.7 Å². The highest BCUT2D eigenvalue weighted by molar-refractivity contribution is 6.30. The second-order valence-corrected chi connectivity index (χ2v) is 5.11. The lowest BCUT2D eigenvalue weighted by atomic mass is 10.1. The van der Waals surface area contributed by atoms with Crippen molar-refractivity contribution in [2.75, 3.05) is 17.7 Å². The first-order chi connectivity index (χ1) is 10.9. The molecule has 0 fully saturated rings. The molecule has 0 unspecified atom stereocenters. The molecule has 0 bridgehead atoms. The van der Waals surface area contributed by atoms with Gasteiger partial charge < -0.3 is 10.6 Å². The molecule has 0 aliphatic heterocycles. The number of aryl methyl sites for hydroxylation is 1. The van der Waals surface area contributed by atoms with Gasteiger partial charge in [-0.15, -0.1) is 0 Å². The molecule has 0 spiro atoms. The predicted octanol–water partition coefficient (Wildman–Crippen LogP) is 3.50. The van der Waals surface area contributed by atoms with Crippen molar-refractivity contribution >= 4 is 34.7 Å². The maximum absolute atomic E-state index is 12.3. The van der Waals surface area contributed by atoms with Crippen LogP contribution < -0.4 is 10.6 Å². The van der Waals surface area contributed by atoms with Crippen LogP contribution in [0.4, 0.5) is 17.2 Å². The number of nitrogens with one attached hydrogen (secondary N) is 2. The monoisotopic (exact) mass is 334 g/mol. The van der Waals surface area contributed by atoms with E-state index in [0.717, 1.165) is 0 Å². The molecular formula is C15H15ClN4O3. The number of rotatable bonds is 5. The number of nitro groups is 1. The molecule has 0 aliphatic carbocycles. The molecule has 1 aromatic heterocycles. The molecule has 23 heavy (non-hydrogen) atoms. The van der Waals surface area contributed by atoms with E-state index in [-0.39, 0.29) is 10.8 Å². The fourth-order valence-corrected chi connectivity index (χ4v) is 2.28. The standard InChI is InChI=1S/C15H15ClN4O3/c1-3-9-4-5-11(8-12(9)20(22)23)18-15(21)10-6-13(16)19-14(7-10)17-2/h4-8H,3H2,1-2H3,(H,17,19)(H,18,21). The van der Waals surface area contributed by atoms with Crippen molar-refractivity contribution in [3.8, 4) is 0 Å². The summed E-state index contributed by atoms with van der Waals surface area (Å²) in [6.07, 6.45) is 0.538. The van der Waals surface area contributed by atoms with Gasteiger partial charge in [-0.3, -0.25) is 14.9 Å². The van der Waals surface area contributed by atoms with Gasteiger partial charge >= 0.3 is 0 Å². The van der Waals surface area contributed by atoms with Crippen LogP contribution >= 0.6 is 11.6 Å². The first-order valence-electron chi connectivity index (χ1n) is 6.88. The van der Waals surface area contributed by atoms with E-state index in [0.29, 0.717) is 29.1 Å². The fraction of sp³-hybridized carbons (Fsp3) is 0.200. The molecule has 8 heteroatoms. The molecule has 120 valence electrons. The quantitative estimate of drug-likeness (QED) is 0.495. The summed E-state index contributed by atoms with van der Waals surface area (Å²) >= 11 is 5.86. The lowest BCUT2D eigenvalue weighted by Gasteiger charge is -2.08. The maximum Gasteiger partial charge on any atom is 0.274 e. The molecule has 7 nitrogen and oxygen atoms in total. The van der Waals surface area contributed by atoms with Crippen LogP contribution in [0.25, 0.3) is 0 Å². The number of carbonyl (C=O) groups excluding carboxylic acids is 1. The van der Waals surface area contributed by atoms with E-state index in [4.69, 9.17) is 11.6 Å². The number of amides is 1. The molecule has 0 radical (unpaired) electrons. The Balaban J connectivity index is 2.28. The van der Waals surface area contributed by atoms with Gasteiger partial charge in [0.2, 0.25) is 0 Å². The SMILES string of the molecule is CCc1ccc(NC(=O)c2cc(Cl)nc(NC)c2)cc1[N+](=O)[O-]. The van der Waals surface area contributed by atoms with Crippen LogP contribution in [0.15, 0.2) is 30.3 Å². The molecule has 0 atom stereocenters. The Bertz CT molecular complexity index is 764. The second kappa shape index (κ2) is 7.06. The van der Waals surface area contributed by atoms with E-state index in [1.165, 1.54) is 18.2 Å². The average molecular weight is 335 g/mol. The first-order valence-corrected chi connectivity index (χ1v) is 7.26. The second-order valence-electron chi connectivity index (χ2n) is 4.72. The van der Waals surface area contributed by atoms with Gasteiger partial charge in [0.15, 0.2) is 0 Å². The van der Waals surface area contributed by atoms with Crippen LogP contribution in [0.1, 0.15) is 22.8 Å². The normalized spacial score (nSPS) is 10.2. The predicted molar refractivity (Wildman–Crippen MR) is 89.2 cm³/mol. The molecule has 2 rings (SSSR count). The number of aromatic nitrogens is 1. The van der Waals surface area contributed by atoms with Crippen LogP contribution in [0, 0.1) is 10.1 Å². The van der Waals surface area contributed by atoms with Crippen LogP contribution in [0.2, 0.25) is 5.15 Å². The largest absolute Gasteiger partial charge is 0.373 e. The lowest BCUT2D eigenvalue weighted by molar-refractivity contribution is -0.385. The van der Waals surface area contributed by atoms with E-state index in [1.807, 2.05) is 6.92 Å². The Labute approximate surface area is 137 Å². The number of hydrogen-bond donors (Lipinski definition) is 2. The Morgan fingerprint density at radius 3 is 2.70 bits per heavy atom. The number of nitrogens with zero attached hydrogens (tertiary/aromatic N) is 2. The third kappa shape index (κ3) is 3.95. The van der Waals surface area contributed by atoms with Gasteiger partial charge in [-0.05, 0) is 24.6 Å². The summed E-state index contributed by atoms with van der Waals surface area (Å²) in [4.78, 5) is 26.9. The minimum atomic E-state index is -0.461. The van der Waals surface area contributed by atoms with Crippen molar-refractivity contribution in [1.82, 2.24) is 4.98 Å². The molecule has 1 heterocycles. The van der Waals surface area contributed by atoms with Crippen LogP contribution in [0.5, 0.6) is 0 Å². The summed E-state index contributed by atoms with van der Waals surface area (Å²) in [6.45, 7) is 1.83. The third-order valence-electron chi connectivity index (χ3n) is 3.23. The van der Waals surface area contributed by atoms with Gasteiger partial charge in [0.05, 0.1) is 4.92 Å². The molecule has 2 N–H and O–H groups in total. The zero-order chi connectivity index (χ0) is 17.0. The number of nitro benzene ring substituents is 1. The van der Waals surface area contributed by atoms with E-state index >= 15 is 0 Å². The number of anilines is 2. The molecular weight excluding hydrogens is 320 g/mol. The molecule has 2 aromatic rings. The van der Waals surface area contributed by atoms with Crippen molar-refractivity contribution < 1.29 is 9.72 Å². The summed E-state index contributed by atoms with van der Waals surface area (Å²) in [5.41, 5.74) is 1.24. The van der Waals surface area contributed by atoms with Gasteiger partial charge in [-0.2, -0.15) is 0 Å². The summed E-state index contributed by atoms with van der Waals surface area (Å²) < 4.78 is 0. The molecule has 0 aliphatic rings. The van der Waals surface area contributed by atoms with Crippen LogP contribution in [0.3, 0.4) is 0 Å². The van der Waals surface area contributed by atoms with E-state index < -0.39 is 10.8 Å². The fourth-order valence-electron chi connectivity index (χ4n) is 2.07. The van der Waals surface area contributed by atoms with Crippen molar-refractivity contribution in [2.24, 2.45) is 0 Å². The van der Waals surface area contributed by atoms with E-state index in [2.05, 4.69) is 15.6 Å². The van der Waals surface area contributed by atoms with Gasteiger partial charge in [0, 0.05) is 29.9 Å². The minimum Gasteiger partial charge on any atom is -0.373 e. The highest BCUT2D eigenvalue weighted by Crippen LogP contribution is 2.24. The zero-order valence-corrected chi connectivity index (χ0v) is 13.3. The summed E-state index contributed by atoms with van der Waals surface area (Å²) in [6, 6.07) is 7.57. The van der Waals surface area contributed by atoms with E-state index in [9.17, 15) is 14.9 Å². The van der Waals surface area contributed by atoms with Gasteiger partial charge in [-0.1, -0.05) is 24.6 Å². The molecule has 1 aromatic carbocycles. The Morgan fingerprint density at radius 1 is 1.35 bits per heavy atom. The van der Waals surface area contributed by atoms with Gasteiger partial charge in [0.1, 0.15) is 11.0 Å². The average Bonchev–Trinajstić information content (AvgIpc) is 2.53. The Hall–Kier alpha value is -2.67. The molecule has 1 amide bonds. The highest BCUT2D eigenvalue weighted by atomic mass is 35.5. The lowest BCUT2D eigenvalue weighted by Crippen LogP contribution is -2.13. The van der Waals surface area contributed by atoms with Crippen molar-refractivity contribution in [1.29, 1.82) is 0 Å². The number of hydrogen-bond acceptors (Lipinski definition) is 5. The number of halogens is 1. The van der Waals surface area contributed by atoms with Crippen LogP contribution in [-0.2, 0) is 6.42 Å². The van der Waals surface area contributed by atoms with Crippen molar-refractivity contribution in [2.45, 2.75) is 13.3 Å². The minimum absolute atomic E-state index is 0.0195. The van der Waals surface area contributed by atoms with E-state index in [1.54, 1.807) is 19.2 Å². The highest BCUT2D eigenvalue weighted by Gasteiger charge is 2.15. The molecule has 0 saturated heterocycles. The molecule has 0 saturated carbocycles. The topological polar surface area (TPSA) is 97.2 Å². The van der Waals surface area contributed by atoms with Crippen LogP contribution in [-0.4, -0.2) is 22.9 Å². The first kappa shape index (κ1) is 16.7. The number of benzene rings is 1. The summed E-state index contributed by atoms with van der Waals surface area (Å²) in [5.74, 6) is 0.0271. The van der Waals surface area contributed by atoms with Gasteiger partial charge in [0.25, 0.3) is 11.6 Å². The summed E-state index contributed by atoms with van der Waals surface area (Å²) in [5, 5.41) is 16.7. The Kier molecular flexibility index (Phi) is 5.13. The third-order valence-corrected chi connectivity index (χ3v) is 3.43. The smallest absolute Gasteiger partial charge is 0.274 e. The Morgan fingerprint density at radius 2 is 2.09 bits per heavy atom. The zero-order valence-electron chi connectivity index (χ0n) is 12.6. The number of carbonyl (C=O) groups is 1. The number of pyridine rings is 1. The van der Waals surface area contributed by atoms with Crippen molar-refractivity contribution in [3.63, 3.8) is 0 Å². The summed E-state index contributed by atoms with van der Waals surface area (Å²) in [7, 11) is 1.66. The van der Waals surface area contributed by atoms with Gasteiger partial charge in [-0.25, -0.2) is 4.98 Å². The maximum atomic E-state index is 12.3.